The van der Waals surface area contributed by atoms with Crippen LogP contribution in [0.1, 0.15) is 51.7 Å². The van der Waals surface area contributed by atoms with E-state index in [9.17, 15) is 9.59 Å². The zero-order valence-electron chi connectivity index (χ0n) is 16.9. The van der Waals surface area contributed by atoms with E-state index in [1.54, 1.807) is 6.92 Å². The summed E-state index contributed by atoms with van der Waals surface area (Å²) in [6.45, 7) is 7.72. The number of hydrogen-bond acceptors (Lipinski definition) is 4. The Kier molecular flexibility index (Phi) is 7.81. The van der Waals surface area contributed by atoms with Crippen molar-refractivity contribution in [3.05, 3.63) is 52.0 Å². The fourth-order valence-corrected chi connectivity index (χ4v) is 3.58. The Morgan fingerprint density at radius 1 is 1.14 bits per heavy atom. The second-order valence-electron chi connectivity index (χ2n) is 7.50. The molecular formula is C23H27BrO4. The van der Waals surface area contributed by atoms with Gasteiger partial charge in [0.05, 0.1) is 6.61 Å². The molecule has 0 unspecified atom stereocenters. The molecule has 0 aromatic heterocycles. The third-order valence-electron chi connectivity index (χ3n) is 4.05. The fraction of sp³-hybridized carbons (Fsp3) is 0.391. The van der Waals surface area contributed by atoms with E-state index in [1.165, 1.54) is 6.08 Å². The fourth-order valence-electron chi connectivity index (χ4n) is 2.95. The van der Waals surface area contributed by atoms with E-state index < -0.39 is 5.60 Å². The van der Waals surface area contributed by atoms with Crippen LogP contribution in [0.3, 0.4) is 0 Å². The molecule has 0 aliphatic heterocycles. The number of halogens is 1. The van der Waals surface area contributed by atoms with E-state index >= 15 is 0 Å². The van der Waals surface area contributed by atoms with E-state index in [1.807, 2.05) is 51.1 Å². The SMILES string of the molecule is CCOC(=O)CCCc1cc(Br)c2ccccc2c1/C=C/C(=O)OC(C)(C)C. The van der Waals surface area contributed by atoms with Gasteiger partial charge in [0.25, 0.3) is 0 Å². The van der Waals surface area contributed by atoms with E-state index in [-0.39, 0.29) is 11.9 Å². The molecule has 0 amide bonds. The molecule has 0 radical (unpaired) electrons. The molecule has 0 aliphatic carbocycles. The van der Waals surface area contributed by atoms with Gasteiger partial charge in [0.1, 0.15) is 5.60 Å². The molecule has 0 atom stereocenters. The van der Waals surface area contributed by atoms with Gasteiger partial charge in [-0.25, -0.2) is 4.79 Å². The predicted molar refractivity (Wildman–Crippen MR) is 116 cm³/mol. The number of aryl methyl sites for hydroxylation is 1. The largest absolute Gasteiger partial charge is 0.466 e. The lowest BCUT2D eigenvalue weighted by molar-refractivity contribution is -0.148. The molecule has 0 heterocycles. The van der Waals surface area contributed by atoms with Crippen LogP contribution in [0.15, 0.2) is 40.9 Å². The van der Waals surface area contributed by atoms with E-state index in [0.29, 0.717) is 25.9 Å². The topological polar surface area (TPSA) is 52.6 Å². The molecule has 2 aromatic rings. The molecule has 5 heteroatoms. The molecule has 28 heavy (non-hydrogen) atoms. The van der Waals surface area contributed by atoms with E-state index in [4.69, 9.17) is 9.47 Å². The highest BCUT2D eigenvalue weighted by Gasteiger charge is 2.15. The van der Waals surface area contributed by atoms with Gasteiger partial charge in [0, 0.05) is 17.0 Å². The number of carbonyl (C=O) groups excluding carboxylic acids is 2. The third kappa shape index (κ3) is 6.48. The number of esters is 2. The van der Waals surface area contributed by atoms with E-state index in [0.717, 1.165) is 26.4 Å². The number of ether oxygens (including phenoxy) is 2. The number of fused-ring (bicyclic) bond motifs is 1. The van der Waals surface area contributed by atoms with Crippen molar-refractivity contribution in [2.24, 2.45) is 0 Å². The first kappa shape index (κ1) is 22.2. The van der Waals surface area contributed by atoms with Gasteiger partial charge >= 0.3 is 11.9 Å². The summed E-state index contributed by atoms with van der Waals surface area (Å²) in [5, 5.41) is 2.11. The maximum Gasteiger partial charge on any atom is 0.331 e. The summed E-state index contributed by atoms with van der Waals surface area (Å²) in [4.78, 5) is 23.8. The van der Waals surface area contributed by atoms with Gasteiger partial charge in [0.2, 0.25) is 0 Å². The minimum Gasteiger partial charge on any atom is -0.466 e. The Bertz CT molecular complexity index is 878. The first-order valence-electron chi connectivity index (χ1n) is 9.48. The van der Waals surface area contributed by atoms with Crippen LogP contribution < -0.4 is 0 Å². The summed E-state index contributed by atoms with van der Waals surface area (Å²) in [7, 11) is 0. The molecule has 0 N–H and O–H groups in total. The molecule has 0 saturated carbocycles. The van der Waals surface area contributed by atoms with Crippen LogP contribution in [0, 0.1) is 0 Å². The van der Waals surface area contributed by atoms with Crippen molar-refractivity contribution in [1.29, 1.82) is 0 Å². The third-order valence-corrected chi connectivity index (χ3v) is 4.70. The molecular weight excluding hydrogens is 420 g/mol. The Hall–Kier alpha value is -2.14. The summed E-state index contributed by atoms with van der Waals surface area (Å²) in [5.41, 5.74) is 1.49. The van der Waals surface area contributed by atoms with Gasteiger partial charge in [-0.2, -0.15) is 0 Å². The lowest BCUT2D eigenvalue weighted by Gasteiger charge is -2.18. The highest BCUT2D eigenvalue weighted by molar-refractivity contribution is 9.10. The van der Waals surface area contributed by atoms with Crippen molar-refractivity contribution in [3.8, 4) is 0 Å². The Balaban J connectivity index is 2.33. The minimum absolute atomic E-state index is 0.187. The number of rotatable bonds is 7. The Morgan fingerprint density at radius 3 is 2.46 bits per heavy atom. The summed E-state index contributed by atoms with van der Waals surface area (Å²) in [6, 6.07) is 10.1. The average molecular weight is 447 g/mol. The Labute approximate surface area is 175 Å². The molecule has 2 aromatic carbocycles. The van der Waals surface area contributed by atoms with Crippen molar-refractivity contribution in [2.45, 2.75) is 52.6 Å². The van der Waals surface area contributed by atoms with Gasteiger partial charge in [-0.15, -0.1) is 0 Å². The molecule has 4 nitrogen and oxygen atoms in total. The van der Waals surface area contributed by atoms with Gasteiger partial charge in [-0.05, 0) is 74.6 Å². The molecule has 2 rings (SSSR count). The summed E-state index contributed by atoms with van der Waals surface area (Å²) in [6.07, 6.45) is 5.03. The van der Waals surface area contributed by atoms with E-state index in [2.05, 4.69) is 22.0 Å². The van der Waals surface area contributed by atoms with Crippen molar-refractivity contribution in [3.63, 3.8) is 0 Å². The zero-order valence-corrected chi connectivity index (χ0v) is 18.5. The highest BCUT2D eigenvalue weighted by Crippen LogP contribution is 2.32. The van der Waals surface area contributed by atoms with Crippen LogP contribution >= 0.6 is 15.9 Å². The zero-order chi connectivity index (χ0) is 20.7. The van der Waals surface area contributed by atoms with Crippen LogP contribution in [0.25, 0.3) is 16.8 Å². The number of benzene rings is 2. The lowest BCUT2D eigenvalue weighted by atomic mass is 9.95. The number of carbonyl (C=O) groups is 2. The first-order chi connectivity index (χ1) is 13.2. The molecule has 0 spiro atoms. The second kappa shape index (κ2) is 9.87. The summed E-state index contributed by atoms with van der Waals surface area (Å²) >= 11 is 3.64. The number of hydrogen-bond donors (Lipinski definition) is 0. The molecule has 0 bridgehead atoms. The van der Waals surface area contributed by atoms with Gasteiger partial charge in [-0.3, -0.25) is 4.79 Å². The second-order valence-corrected chi connectivity index (χ2v) is 8.36. The maximum absolute atomic E-state index is 12.1. The van der Waals surface area contributed by atoms with Gasteiger partial charge in [-0.1, -0.05) is 40.2 Å². The smallest absolute Gasteiger partial charge is 0.331 e. The van der Waals surface area contributed by atoms with Gasteiger partial charge in [0.15, 0.2) is 0 Å². The van der Waals surface area contributed by atoms with Crippen molar-refractivity contribution in [1.82, 2.24) is 0 Å². The maximum atomic E-state index is 12.1. The highest BCUT2D eigenvalue weighted by atomic mass is 79.9. The van der Waals surface area contributed by atoms with Crippen LogP contribution in [-0.2, 0) is 25.5 Å². The monoisotopic (exact) mass is 446 g/mol. The molecule has 0 aliphatic rings. The molecule has 0 saturated heterocycles. The summed E-state index contributed by atoms with van der Waals surface area (Å²) < 4.78 is 11.4. The van der Waals surface area contributed by atoms with Crippen molar-refractivity contribution < 1.29 is 19.1 Å². The van der Waals surface area contributed by atoms with Crippen LogP contribution in [0.5, 0.6) is 0 Å². The van der Waals surface area contributed by atoms with Crippen molar-refractivity contribution in [2.75, 3.05) is 6.61 Å². The first-order valence-corrected chi connectivity index (χ1v) is 10.3. The van der Waals surface area contributed by atoms with Crippen molar-refractivity contribution >= 4 is 44.7 Å². The Morgan fingerprint density at radius 2 is 1.82 bits per heavy atom. The average Bonchev–Trinajstić information content (AvgIpc) is 2.60. The summed E-state index contributed by atoms with van der Waals surface area (Å²) in [5.74, 6) is -0.565. The van der Waals surface area contributed by atoms with Gasteiger partial charge < -0.3 is 9.47 Å². The van der Waals surface area contributed by atoms with Crippen LogP contribution in [-0.4, -0.2) is 24.1 Å². The van der Waals surface area contributed by atoms with Crippen LogP contribution in [0.4, 0.5) is 0 Å². The quantitative estimate of drug-likeness (QED) is 0.395. The molecule has 150 valence electrons. The van der Waals surface area contributed by atoms with Crippen LogP contribution in [0.2, 0.25) is 0 Å². The lowest BCUT2D eigenvalue weighted by Crippen LogP contribution is -2.22. The normalized spacial score (nSPS) is 11.8. The minimum atomic E-state index is -0.536. The molecule has 0 fully saturated rings. The standard InChI is InChI=1S/C23H27BrO4/c1-5-27-21(25)12-8-9-16-15-20(24)19-11-7-6-10-18(19)17(16)13-14-22(26)28-23(2,3)4/h6-7,10-11,13-15H,5,8-9,12H2,1-4H3/b14-13+. The predicted octanol–water partition coefficient (Wildman–Crippen LogP) is 5.84.